The number of fused-ring (bicyclic) bond motifs is 1. The molecule has 1 unspecified atom stereocenters. The number of para-hydroxylation sites is 1. The lowest BCUT2D eigenvalue weighted by atomic mass is 10.1. The van der Waals surface area contributed by atoms with Crippen LogP contribution in [0.5, 0.6) is 0 Å². The zero-order valence-corrected chi connectivity index (χ0v) is 13.0. The molecule has 0 fully saturated rings. The first-order chi connectivity index (χ1) is 10.1. The van der Waals surface area contributed by atoms with Gasteiger partial charge >= 0.3 is 5.97 Å². The first-order valence-electron chi connectivity index (χ1n) is 7.90. The molecule has 0 radical (unpaired) electrons. The Hall–Kier alpha value is -1.77. The van der Waals surface area contributed by atoms with Crippen molar-refractivity contribution in [3.05, 3.63) is 36.0 Å². The van der Waals surface area contributed by atoms with Crippen LogP contribution in [0.1, 0.15) is 45.1 Å². The van der Waals surface area contributed by atoms with Gasteiger partial charge in [0.1, 0.15) is 0 Å². The highest BCUT2D eigenvalue weighted by Gasteiger charge is 2.10. The Morgan fingerprint density at radius 2 is 2.10 bits per heavy atom. The topological polar surface area (TPSA) is 42.2 Å². The van der Waals surface area contributed by atoms with Crippen LogP contribution < -0.4 is 0 Å². The zero-order chi connectivity index (χ0) is 15.2. The molecule has 114 valence electrons. The molecular formula is C18H25NO2. The summed E-state index contributed by atoms with van der Waals surface area (Å²) in [6, 6.07) is 8.44. The van der Waals surface area contributed by atoms with Crippen LogP contribution in [0.2, 0.25) is 0 Å². The van der Waals surface area contributed by atoms with Crippen molar-refractivity contribution in [3.8, 4) is 0 Å². The van der Waals surface area contributed by atoms with Crippen molar-refractivity contribution in [1.29, 1.82) is 0 Å². The Morgan fingerprint density at radius 3 is 2.81 bits per heavy atom. The fraction of sp³-hybridized carbons (Fsp3) is 0.500. The normalized spacial score (nSPS) is 12.7. The number of carboxylic acids is 1. The van der Waals surface area contributed by atoms with Gasteiger partial charge in [-0.3, -0.25) is 4.79 Å². The molecule has 1 atom stereocenters. The molecule has 0 aliphatic rings. The van der Waals surface area contributed by atoms with Crippen LogP contribution in [0, 0.1) is 5.92 Å². The van der Waals surface area contributed by atoms with Crippen molar-refractivity contribution >= 4 is 16.9 Å². The summed E-state index contributed by atoms with van der Waals surface area (Å²) in [6.45, 7) is 5.55. The second-order valence-corrected chi connectivity index (χ2v) is 5.96. The monoisotopic (exact) mass is 287 g/mol. The molecule has 21 heavy (non-hydrogen) atoms. The molecule has 1 heterocycles. The molecule has 0 aliphatic carbocycles. The van der Waals surface area contributed by atoms with E-state index in [1.165, 1.54) is 29.3 Å². The van der Waals surface area contributed by atoms with Crippen LogP contribution in [0.25, 0.3) is 10.9 Å². The highest BCUT2D eigenvalue weighted by atomic mass is 16.4. The van der Waals surface area contributed by atoms with Crippen molar-refractivity contribution in [3.63, 3.8) is 0 Å². The Morgan fingerprint density at radius 1 is 1.33 bits per heavy atom. The minimum Gasteiger partial charge on any atom is -0.481 e. The third-order valence-corrected chi connectivity index (χ3v) is 4.00. The smallest absolute Gasteiger partial charge is 0.303 e. The van der Waals surface area contributed by atoms with Crippen molar-refractivity contribution in [2.45, 2.75) is 52.5 Å². The standard InChI is InChI=1S/C18H25NO2/c1-3-7-14(2)12-19-13-15(8-6-11-18(20)21)16-9-4-5-10-17(16)19/h4-5,9-10,13-14H,3,6-8,11-12H2,1-2H3,(H,20,21). The number of aliphatic carboxylic acids is 1. The lowest BCUT2D eigenvalue weighted by molar-refractivity contribution is -0.137. The Kier molecular flexibility index (Phi) is 5.43. The average molecular weight is 287 g/mol. The van der Waals surface area contributed by atoms with Gasteiger partial charge in [0.15, 0.2) is 0 Å². The van der Waals surface area contributed by atoms with Crippen LogP contribution in [-0.2, 0) is 17.8 Å². The maximum Gasteiger partial charge on any atom is 0.303 e. The van der Waals surface area contributed by atoms with Gasteiger partial charge in [-0.1, -0.05) is 38.5 Å². The van der Waals surface area contributed by atoms with Gasteiger partial charge in [-0.2, -0.15) is 0 Å². The molecule has 2 rings (SSSR count). The zero-order valence-electron chi connectivity index (χ0n) is 13.0. The van der Waals surface area contributed by atoms with E-state index in [1.807, 2.05) is 0 Å². The van der Waals surface area contributed by atoms with Gasteiger partial charge in [-0.15, -0.1) is 0 Å². The van der Waals surface area contributed by atoms with E-state index in [-0.39, 0.29) is 6.42 Å². The van der Waals surface area contributed by atoms with E-state index < -0.39 is 5.97 Å². The highest BCUT2D eigenvalue weighted by molar-refractivity contribution is 5.84. The number of nitrogens with zero attached hydrogens (tertiary/aromatic N) is 1. The summed E-state index contributed by atoms with van der Waals surface area (Å²) in [6.07, 6.45) is 6.45. The van der Waals surface area contributed by atoms with Crippen LogP contribution in [-0.4, -0.2) is 15.6 Å². The fourth-order valence-corrected chi connectivity index (χ4v) is 3.02. The van der Waals surface area contributed by atoms with Crippen LogP contribution >= 0.6 is 0 Å². The maximum absolute atomic E-state index is 10.7. The van der Waals surface area contributed by atoms with Crippen LogP contribution in [0.4, 0.5) is 0 Å². The molecule has 1 aromatic heterocycles. The van der Waals surface area contributed by atoms with E-state index in [9.17, 15) is 4.79 Å². The minimum atomic E-state index is -0.713. The summed E-state index contributed by atoms with van der Waals surface area (Å²) in [4.78, 5) is 10.7. The molecule has 2 aromatic rings. The lowest BCUT2D eigenvalue weighted by Gasteiger charge is -2.12. The largest absolute Gasteiger partial charge is 0.481 e. The van der Waals surface area contributed by atoms with E-state index in [2.05, 4.69) is 48.9 Å². The van der Waals surface area contributed by atoms with E-state index in [1.54, 1.807) is 0 Å². The third kappa shape index (κ3) is 4.10. The van der Waals surface area contributed by atoms with E-state index in [0.717, 1.165) is 13.0 Å². The summed E-state index contributed by atoms with van der Waals surface area (Å²) in [5.74, 6) is -0.0482. The van der Waals surface area contributed by atoms with Crippen molar-refractivity contribution < 1.29 is 9.90 Å². The van der Waals surface area contributed by atoms with Gasteiger partial charge in [0.2, 0.25) is 0 Å². The summed E-state index contributed by atoms with van der Waals surface area (Å²) < 4.78 is 2.34. The van der Waals surface area contributed by atoms with E-state index in [0.29, 0.717) is 12.3 Å². The summed E-state index contributed by atoms with van der Waals surface area (Å²) in [5, 5.41) is 10.1. The van der Waals surface area contributed by atoms with Crippen LogP contribution in [0.15, 0.2) is 30.5 Å². The molecule has 0 amide bonds. The van der Waals surface area contributed by atoms with Gasteiger partial charge in [0.05, 0.1) is 0 Å². The molecule has 0 aliphatic heterocycles. The van der Waals surface area contributed by atoms with Crippen LogP contribution in [0.3, 0.4) is 0 Å². The first kappa shape index (κ1) is 15.6. The Bertz CT molecular complexity index is 600. The molecule has 3 heteroatoms. The van der Waals surface area contributed by atoms with E-state index >= 15 is 0 Å². The predicted molar refractivity (Wildman–Crippen MR) is 86.6 cm³/mol. The second-order valence-electron chi connectivity index (χ2n) is 5.96. The summed E-state index contributed by atoms with van der Waals surface area (Å²) >= 11 is 0. The summed E-state index contributed by atoms with van der Waals surface area (Å²) in [5.41, 5.74) is 2.54. The van der Waals surface area contributed by atoms with Gasteiger partial charge < -0.3 is 9.67 Å². The number of rotatable bonds is 8. The maximum atomic E-state index is 10.7. The number of hydrogen-bond acceptors (Lipinski definition) is 1. The highest BCUT2D eigenvalue weighted by Crippen LogP contribution is 2.24. The number of aryl methyl sites for hydroxylation is 1. The Labute approximate surface area is 126 Å². The second kappa shape index (κ2) is 7.30. The SMILES string of the molecule is CCCC(C)Cn1cc(CCCC(=O)O)c2ccccc21. The molecule has 3 nitrogen and oxygen atoms in total. The number of benzene rings is 1. The lowest BCUT2D eigenvalue weighted by Crippen LogP contribution is -2.06. The molecular weight excluding hydrogens is 262 g/mol. The third-order valence-electron chi connectivity index (χ3n) is 4.00. The summed E-state index contributed by atoms with van der Waals surface area (Å²) in [7, 11) is 0. The van der Waals surface area contributed by atoms with Gasteiger partial charge in [0, 0.05) is 30.1 Å². The molecule has 0 spiro atoms. The van der Waals surface area contributed by atoms with E-state index in [4.69, 9.17) is 5.11 Å². The van der Waals surface area contributed by atoms with Crippen molar-refractivity contribution in [1.82, 2.24) is 4.57 Å². The number of hydrogen-bond donors (Lipinski definition) is 1. The number of carboxylic acid groups (broad SMARTS) is 1. The van der Waals surface area contributed by atoms with Gasteiger partial charge in [-0.25, -0.2) is 0 Å². The molecule has 0 bridgehead atoms. The molecule has 0 saturated heterocycles. The van der Waals surface area contributed by atoms with Gasteiger partial charge in [0.25, 0.3) is 0 Å². The number of carbonyl (C=O) groups is 1. The number of aromatic nitrogens is 1. The Balaban J connectivity index is 2.19. The average Bonchev–Trinajstić information content (AvgIpc) is 2.77. The fourth-order valence-electron chi connectivity index (χ4n) is 3.02. The quantitative estimate of drug-likeness (QED) is 0.777. The van der Waals surface area contributed by atoms with Gasteiger partial charge in [-0.05, 0) is 36.8 Å². The molecule has 0 saturated carbocycles. The first-order valence-corrected chi connectivity index (χ1v) is 7.90. The van der Waals surface area contributed by atoms with Crippen molar-refractivity contribution in [2.24, 2.45) is 5.92 Å². The molecule has 1 aromatic carbocycles. The van der Waals surface area contributed by atoms with Crippen molar-refractivity contribution in [2.75, 3.05) is 0 Å². The predicted octanol–water partition coefficient (Wildman–Crippen LogP) is 4.48. The minimum absolute atomic E-state index is 0.242. The molecule has 1 N–H and O–H groups in total.